The number of amides is 2. The first kappa shape index (κ1) is 19.8. The molecule has 2 N–H and O–H groups in total. The Hall–Kier alpha value is -2.93. The molecule has 0 saturated carbocycles. The van der Waals surface area contributed by atoms with Gasteiger partial charge in [-0.3, -0.25) is 20.4 Å². The molecule has 1 aliphatic heterocycles. The highest BCUT2D eigenvalue weighted by molar-refractivity contribution is 6.31. The Kier molecular flexibility index (Phi) is 5.94. The van der Waals surface area contributed by atoms with E-state index in [0.29, 0.717) is 27.8 Å². The lowest BCUT2D eigenvalue weighted by molar-refractivity contribution is -0.123. The second-order valence-corrected chi connectivity index (χ2v) is 7.06. The molecule has 1 aliphatic rings. The number of carbonyl (C=O) groups is 2. The lowest BCUT2D eigenvalue weighted by Crippen LogP contribution is -2.43. The Morgan fingerprint density at radius 3 is 2.64 bits per heavy atom. The van der Waals surface area contributed by atoms with Crippen LogP contribution in [0.5, 0.6) is 17.2 Å². The van der Waals surface area contributed by atoms with E-state index < -0.39 is 11.8 Å². The van der Waals surface area contributed by atoms with Crippen LogP contribution in [0, 0.1) is 6.92 Å². The van der Waals surface area contributed by atoms with Crippen molar-refractivity contribution in [3.63, 3.8) is 0 Å². The molecule has 0 aliphatic carbocycles. The molecule has 0 radical (unpaired) electrons. The summed E-state index contributed by atoms with van der Waals surface area (Å²) < 4.78 is 16.1. The van der Waals surface area contributed by atoms with Crippen molar-refractivity contribution in [1.29, 1.82) is 0 Å². The molecule has 2 aromatic carbocycles. The highest BCUT2D eigenvalue weighted by atomic mass is 35.5. The molecule has 2 amide bonds. The van der Waals surface area contributed by atoms with Crippen molar-refractivity contribution in [3.05, 3.63) is 52.0 Å². The molecule has 7 nitrogen and oxygen atoms in total. The fraction of sp³-hybridized carbons (Fsp3) is 0.300. The van der Waals surface area contributed by atoms with Gasteiger partial charge in [0.25, 0.3) is 11.8 Å². The average molecular weight is 405 g/mol. The molecule has 0 fully saturated rings. The monoisotopic (exact) mass is 404 g/mol. The number of hydrogen-bond acceptors (Lipinski definition) is 5. The summed E-state index contributed by atoms with van der Waals surface area (Å²) in [5, 5.41) is 0.650. The van der Waals surface area contributed by atoms with Crippen molar-refractivity contribution in [1.82, 2.24) is 10.9 Å². The minimum absolute atomic E-state index is 0.122. The van der Waals surface area contributed by atoms with E-state index in [-0.39, 0.29) is 19.3 Å². The Bertz CT molecular complexity index is 914. The molecule has 0 saturated heterocycles. The first-order valence-electron chi connectivity index (χ1n) is 8.77. The summed E-state index contributed by atoms with van der Waals surface area (Å²) in [7, 11) is 0. The zero-order valence-electron chi connectivity index (χ0n) is 15.8. The van der Waals surface area contributed by atoms with Crippen molar-refractivity contribution in [3.8, 4) is 17.2 Å². The number of fused-ring (bicyclic) bond motifs is 1. The van der Waals surface area contributed by atoms with Crippen LogP contribution >= 0.6 is 11.6 Å². The van der Waals surface area contributed by atoms with Gasteiger partial charge in [-0.2, -0.15) is 0 Å². The summed E-state index contributed by atoms with van der Waals surface area (Å²) in [5.41, 5.74) is 6.78. The third-order valence-electron chi connectivity index (χ3n) is 4.22. The van der Waals surface area contributed by atoms with Crippen LogP contribution in [0.15, 0.2) is 30.3 Å². The molecule has 28 heavy (non-hydrogen) atoms. The van der Waals surface area contributed by atoms with Gasteiger partial charge in [-0.25, -0.2) is 0 Å². The minimum atomic E-state index is -0.489. The number of hydrazine groups is 1. The Labute approximate surface area is 167 Å². The van der Waals surface area contributed by atoms with Gasteiger partial charge in [0.1, 0.15) is 5.75 Å². The molecular formula is C20H21ClN2O5. The molecular weight excluding hydrogens is 384 g/mol. The van der Waals surface area contributed by atoms with E-state index in [2.05, 4.69) is 10.9 Å². The number of ether oxygens (including phenoxy) is 3. The van der Waals surface area contributed by atoms with Gasteiger partial charge >= 0.3 is 0 Å². The average Bonchev–Trinajstić information content (AvgIpc) is 3.14. The van der Waals surface area contributed by atoms with Crippen LogP contribution in [0.4, 0.5) is 0 Å². The zero-order chi connectivity index (χ0) is 20.3. The SMILES string of the molecule is Cc1cc(OCC(=O)NNC(=O)c2ccc3c(c2)OCO3)c(C(C)C)cc1Cl. The van der Waals surface area contributed by atoms with Gasteiger partial charge in [0, 0.05) is 10.6 Å². The van der Waals surface area contributed by atoms with Gasteiger partial charge in [-0.05, 0) is 54.3 Å². The molecule has 3 rings (SSSR count). The standard InChI is InChI=1S/C20H21ClN2O5/c1-11(2)14-8-15(21)12(3)6-17(14)26-9-19(24)22-23-20(25)13-4-5-16-18(7-13)28-10-27-16/h4-8,11H,9-10H2,1-3H3,(H,22,24)(H,23,25). The number of nitrogens with one attached hydrogen (secondary N) is 2. The molecule has 2 aromatic rings. The summed E-state index contributed by atoms with van der Waals surface area (Å²) in [5.74, 6) is 0.874. The van der Waals surface area contributed by atoms with Crippen LogP contribution in [0.3, 0.4) is 0 Å². The summed E-state index contributed by atoms with van der Waals surface area (Å²) in [4.78, 5) is 24.2. The number of rotatable bonds is 5. The maximum absolute atomic E-state index is 12.2. The lowest BCUT2D eigenvalue weighted by Gasteiger charge is -2.16. The molecule has 0 aromatic heterocycles. The second kappa shape index (κ2) is 8.39. The van der Waals surface area contributed by atoms with E-state index >= 15 is 0 Å². The molecule has 0 bridgehead atoms. The Balaban J connectivity index is 1.55. The number of carbonyl (C=O) groups excluding carboxylic acids is 2. The molecule has 0 atom stereocenters. The van der Waals surface area contributed by atoms with Crippen molar-refractivity contribution in [2.45, 2.75) is 26.7 Å². The van der Waals surface area contributed by atoms with E-state index in [4.69, 9.17) is 25.8 Å². The largest absolute Gasteiger partial charge is 0.483 e. The second-order valence-electron chi connectivity index (χ2n) is 6.65. The highest BCUT2D eigenvalue weighted by Gasteiger charge is 2.17. The number of aryl methyl sites for hydroxylation is 1. The van der Waals surface area contributed by atoms with Gasteiger partial charge in [-0.15, -0.1) is 0 Å². The van der Waals surface area contributed by atoms with Crippen LogP contribution in [0.25, 0.3) is 0 Å². The number of hydrogen-bond donors (Lipinski definition) is 2. The predicted octanol–water partition coefficient (Wildman–Crippen LogP) is 3.34. The van der Waals surface area contributed by atoms with Gasteiger partial charge in [0.15, 0.2) is 18.1 Å². The Morgan fingerprint density at radius 1 is 1.14 bits per heavy atom. The van der Waals surface area contributed by atoms with Gasteiger partial charge in [0.2, 0.25) is 6.79 Å². The summed E-state index contributed by atoms with van der Waals surface area (Å²) >= 11 is 6.17. The van der Waals surface area contributed by atoms with Crippen LogP contribution in [0.1, 0.15) is 41.3 Å². The van der Waals surface area contributed by atoms with E-state index in [0.717, 1.165) is 11.1 Å². The maximum Gasteiger partial charge on any atom is 0.276 e. The van der Waals surface area contributed by atoms with Crippen molar-refractivity contribution in [2.75, 3.05) is 13.4 Å². The first-order chi connectivity index (χ1) is 13.3. The van der Waals surface area contributed by atoms with Gasteiger partial charge < -0.3 is 14.2 Å². The van der Waals surface area contributed by atoms with Crippen LogP contribution in [0.2, 0.25) is 5.02 Å². The van der Waals surface area contributed by atoms with E-state index in [9.17, 15) is 9.59 Å². The van der Waals surface area contributed by atoms with Crippen molar-refractivity contribution < 1.29 is 23.8 Å². The first-order valence-corrected chi connectivity index (χ1v) is 9.14. The number of halogens is 1. The Morgan fingerprint density at radius 2 is 1.89 bits per heavy atom. The normalized spacial score (nSPS) is 12.0. The van der Waals surface area contributed by atoms with E-state index in [1.165, 1.54) is 0 Å². The highest BCUT2D eigenvalue weighted by Crippen LogP contribution is 2.33. The fourth-order valence-corrected chi connectivity index (χ4v) is 2.83. The number of benzene rings is 2. The zero-order valence-corrected chi connectivity index (χ0v) is 16.6. The summed E-state index contributed by atoms with van der Waals surface area (Å²) in [6, 6.07) is 8.41. The molecule has 148 valence electrons. The smallest absolute Gasteiger partial charge is 0.276 e. The summed E-state index contributed by atoms with van der Waals surface area (Å²) in [6.07, 6.45) is 0. The van der Waals surface area contributed by atoms with Crippen LogP contribution < -0.4 is 25.1 Å². The van der Waals surface area contributed by atoms with Crippen molar-refractivity contribution >= 4 is 23.4 Å². The molecule has 1 heterocycles. The minimum Gasteiger partial charge on any atom is -0.483 e. The summed E-state index contributed by atoms with van der Waals surface area (Å²) in [6.45, 7) is 5.77. The quantitative estimate of drug-likeness (QED) is 0.746. The van der Waals surface area contributed by atoms with Crippen LogP contribution in [-0.4, -0.2) is 25.2 Å². The fourth-order valence-electron chi connectivity index (χ4n) is 2.66. The van der Waals surface area contributed by atoms with Crippen molar-refractivity contribution in [2.24, 2.45) is 0 Å². The van der Waals surface area contributed by atoms with Crippen LogP contribution in [-0.2, 0) is 4.79 Å². The molecule has 0 spiro atoms. The predicted molar refractivity (Wildman–Crippen MR) is 104 cm³/mol. The van der Waals surface area contributed by atoms with Gasteiger partial charge in [-0.1, -0.05) is 25.4 Å². The third-order valence-corrected chi connectivity index (χ3v) is 4.63. The topological polar surface area (TPSA) is 85.9 Å². The van der Waals surface area contributed by atoms with Gasteiger partial charge in [0.05, 0.1) is 0 Å². The van der Waals surface area contributed by atoms with E-state index in [1.54, 1.807) is 24.3 Å². The molecule has 0 unspecified atom stereocenters. The third kappa shape index (κ3) is 4.48. The lowest BCUT2D eigenvalue weighted by atomic mass is 10.0. The molecule has 8 heteroatoms. The maximum atomic E-state index is 12.2. The van der Waals surface area contributed by atoms with E-state index in [1.807, 2.05) is 26.8 Å².